The zero-order valence-electron chi connectivity index (χ0n) is 10.9. The number of ether oxygens (including phenoxy) is 2. The Morgan fingerprint density at radius 1 is 1.35 bits per heavy atom. The number of aromatic carboxylic acids is 1. The molecule has 3 rings (SSSR count). The molecule has 0 radical (unpaired) electrons. The van der Waals surface area contributed by atoms with Gasteiger partial charge in [-0.05, 0) is 18.6 Å². The SMILES string of the molecule is CCc1c(-c2cc(C(=O)O)on2)ccc2c1OCCO2. The van der Waals surface area contributed by atoms with Gasteiger partial charge in [0.15, 0.2) is 11.5 Å². The van der Waals surface area contributed by atoms with E-state index in [1.165, 1.54) is 6.07 Å². The third-order valence-electron chi connectivity index (χ3n) is 3.16. The van der Waals surface area contributed by atoms with Crippen LogP contribution < -0.4 is 9.47 Å². The molecule has 104 valence electrons. The van der Waals surface area contributed by atoms with E-state index in [9.17, 15) is 4.79 Å². The summed E-state index contributed by atoms with van der Waals surface area (Å²) in [6.07, 6.45) is 0.719. The van der Waals surface area contributed by atoms with Crippen molar-refractivity contribution in [3.05, 3.63) is 29.5 Å². The number of carboxylic acids is 1. The molecule has 0 spiro atoms. The summed E-state index contributed by atoms with van der Waals surface area (Å²) in [7, 11) is 0. The predicted molar refractivity (Wildman–Crippen MR) is 69.3 cm³/mol. The third-order valence-corrected chi connectivity index (χ3v) is 3.16. The first-order valence-electron chi connectivity index (χ1n) is 6.32. The van der Waals surface area contributed by atoms with Gasteiger partial charge in [0.2, 0.25) is 5.76 Å². The van der Waals surface area contributed by atoms with Crippen molar-refractivity contribution in [3.8, 4) is 22.8 Å². The lowest BCUT2D eigenvalue weighted by Crippen LogP contribution is -2.16. The number of rotatable bonds is 3. The Kier molecular flexibility index (Phi) is 3.06. The fraction of sp³-hybridized carbons (Fsp3) is 0.286. The monoisotopic (exact) mass is 275 g/mol. The number of fused-ring (bicyclic) bond motifs is 1. The minimum Gasteiger partial charge on any atom is -0.486 e. The molecule has 1 N–H and O–H groups in total. The molecule has 2 aromatic rings. The van der Waals surface area contributed by atoms with E-state index in [0.717, 1.165) is 17.5 Å². The van der Waals surface area contributed by atoms with Crippen LogP contribution in [0.5, 0.6) is 11.5 Å². The number of benzene rings is 1. The molecular formula is C14H13NO5. The molecular weight excluding hydrogens is 262 g/mol. The van der Waals surface area contributed by atoms with Crippen LogP contribution >= 0.6 is 0 Å². The van der Waals surface area contributed by atoms with Gasteiger partial charge >= 0.3 is 5.97 Å². The Balaban J connectivity index is 2.10. The van der Waals surface area contributed by atoms with Crippen molar-refractivity contribution < 1.29 is 23.9 Å². The van der Waals surface area contributed by atoms with Crippen LogP contribution in [0.1, 0.15) is 23.0 Å². The summed E-state index contributed by atoms with van der Waals surface area (Å²) in [5.41, 5.74) is 2.22. The molecule has 0 saturated carbocycles. The van der Waals surface area contributed by atoms with Crippen LogP contribution in [-0.4, -0.2) is 29.4 Å². The van der Waals surface area contributed by atoms with Crippen LogP contribution in [0, 0.1) is 0 Å². The van der Waals surface area contributed by atoms with Crippen molar-refractivity contribution in [2.24, 2.45) is 0 Å². The Bertz CT molecular complexity index is 662. The largest absolute Gasteiger partial charge is 0.486 e. The Morgan fingerprint density at radius 3 is 2.85 bits per heavy atom. The molecule has 2 heterocycles. The zero-order chi connectivity index (χ0) is 14.1. The van der Waals surface area contributed by atoms with Gasteiger partial charge in [0.25, 0.3) is 0 Å². The van der Waals surface area contributed by atoms with Crippen molar-refractivity contribution in [1.82, 2.24) is 5.16 Å². The summed E-state index contributed by atoms with van der Waals surface area (Å²) < 4.78 is 16.0. The summed E-state index contributed by atoms with van der Waals surface area (Å²) >= 11 is 0. The average Bonchev–Trinajstić information content (AvgIpc) is 2.95. The van der Waals surface area contributed by atoms with Crippen molar-refractivity contribution >= 4 is 5.97 Å². The predicted octanol–water partition coefficient (Wildman–Crippen LogP) is 2.37. The van der Waals surface area contributed by atoms with Crippen LogP contribution in [0.3, 0.4) is 0 Å². The number of hydrogen-bond donors (Lipinski definition) is 1. The molecule has 0 saturated heterocycles. The van der Waals surface area contributed by atoms with E-state index >= 15 is 0 Å². The van der Waals surface area contributed by atoms with Gasteiger partial charge in [-0.15, -0.1) is 0 Å². The highest BCUT2D eigenvalue weighted by Gasteiger charge is 2.21. The van der Waals surface area contributed by atoms with Gasteiger partial charge in [-0.25, -0.2) is 4.79 Å². The summed E-state index contributed by atoms with van der Waals surface area (Å²) in [6, 6.07) is 5.06. The lowest BCUT2D eigenvalue weighted by Gasteiger charge is -2.22. The van der Waals surface area contributed by atoms with Crippen LogP contribution in [0.4, 0.5) is 0 Å². The fourth-order valence-electron chi connectivity index (χ4n) is 2.27. The third kappa shape index (κ3) is 1.99. The van der Waals surface area contributed by atoms with Crippen LogP contribution in [0.15, 0.2) is 22.7 Å². The average molecular weight is 275 g/mol. The molecule has 6 heteroatoms. The second kappa shape index (κ2) is 4.88. The molecule has 0 unspecified atom stereocenters. The number of carbonyl (C=O) groups is 1. The van der Waals surface area contributed by atoms with E-state index in [-0.39, 0.29) is 5.76 Å². The quantitative estimate of drug-likeness (QED) is 0.926. The summed E-state index contributed by atoms with van der Waals surface area (Å²) in [6.45, 7) is 3.03. The molecule has 1 aliphatic rings. The topological polar surface area (TPSA) is 81.8 Å². The van der Waals surface area contributed by atoms with E-state index in [4.69, 9.17) is 19.1 Å². The van der Waals surface area contributed by atoms with Gasteiger partial charge in [-0.1, -0.05) is 12.1 Å². The first-order valence-corrected chi connectivity index (χ1v) is 6.32. The van der Waals surface area contributed by atoms with Crippen LogP contribution in [-0.2, 0) is 6.42 Å². The van der Waals surface area contributed by atoms with E-state index in [0.29, 0.717) is 30.4 Å². The van der Waals surface area contributed by atoms with E-state index in [1.54, 1.807) is 6.07 Å². The first-order chi connectivity index (χ1) is 9.70. The van der Waals surface area contributed by atoms with Crippen molar-refractivity contribution in [1.29, 1.82) is 0 Å². The smallest absolute Gasteiger partial charge is 0.374 e. The molecule has 0 fully saturated rings. The summed E-state index contributed by atoms with van der Waals surface area (Å²) in [4.78, 5) is 10.9. The normalized spacial score (nSPS) is 13.2. The molecule has 0 bridgehead atoms. The van der Waals surface area contributed by atoms with Gasteiger partial charge in [-0.3, -0.25) is 0 Å². The molecule has 20 heavy (non-hydrogen) atoms. The van der Waals surface area contributed by atoms with E-state index in [1.807, 2.05) is 13.0 Å². The number of carboxylic acid groups (broad SMARTS) is 1. The van der Waals surface area contributed by atoms with Gasteiger partial charge in [0.05, 0.1) is 0 Å². The minimum atomic E-state index is -1.14. The molecule has 1 aliphatic heterocycles. The van der Waals surface area contributed by atoms with Crippen LogP contribution in [0.25, 0.3) is 11.3 Å². The molecule has 0 aliphatic carbocycles. The second-order valence-electron chi connectivity index (χ2n) is 4.35. The lowest BCUT2D eigenvalue weighted by atomic mass is 10.00. The highest BCUT2D eigenvalue weighted by Crippen LogP contribution is 2.39. The second-order valence-corrected chi connectivity index (χ2v) is 4.35. The van der Waals surface area contributed by atoms with E-state index in [2.05, 4.69) is 5.16 Å². The molecule has 1 aromatic carbocycles. The lowest BCUT2D eigenvalue weighted by molar-refractivity contribution is 0.0652. The number of hydrogen-bond acceptors (Lipinski definition) is 5. The van der Waals surface area contributed by atoms with Crippen molar-refractivity contribution in [2.45, 2.75) is 13.3 Å². The van der Waals surface area contributed by atoms with Gasteiger partial charge in [-0.2, -0.15) is 0 Å². The maximum absolute atomic E-state index is 10.9. The molecule has 1 aromatic heterocycles. The fourth-order valence-corrected chi connectivity index (χ4v) is 2.27. The van der Waals surface area contributed by atoms with Crippen molar-refractivity contribution in [3.63, 3.8) is 0 Å². The maximum atomic E-state index is 10.9. The van der Waals surface area contributed by atoms with Crippen molar-refractivity contribution in [2.75, 3.05) is 13.2 Å². The maximum Gasteiger partial charge on any atom is 0.374 e. The zero-order valence-corrected chi connectivity index (χ0v) is 10.9. The summed E-state index contributed by atoms with van der Waals surface area (Å²) in [5.74, 6) is 0.0891. The van der Waals surface area contributed by atoms with Gasteiger partial charge in [0.1, 0.15) is 18.9 Å². The van der Waals surface area contributed by atoms with Gasteiger partial charge < -0.3 is 19.1 Å². The highest BCUT2D eigenvalue weighted by molar-refractivity contribution is 5.86. The Hall–Kier alpha value is -2.50. The summed E-state index contributed by atoms with van der Waals surface area (Å²) in [5, 5.41) is 12.7. The number of nitrogens with zero attached hydrogens (tertiary/aromatic N) is 1. The van der Waals surface area contributed by atoms with E-state index < -0.39 is 5.97 Å². The first kappa shape index (κ1) is 12.5. The Labute approximate surface area is 114 Å². The minimum absolute atomic E-state index is 0.183. The molecule has 6 nitrogen and oxygen atoms in total. The standard InChI is InChI=1S/C14H13NO5/c1-2-8-9(10-7-12(14(16)17)20-15-10)3-4-11-13(8)19-6-5-18-11/h3-4,7H,2,5-6H2,1H3,(H,16,17). The number of aromatic nitrogens is 1. The molecule has 0 atom stereocenters. The highest BCUT2D eigenvalue weighted by atomic mass is 16.6. The molecule has 0 amide bonds. The van der Waals surface area contributed by atoms with Crippen LogP contribution in [0.2, 0.25) is 0 Å². The van der Waals surface area contributed by atoms with Gasteiger partial charge in [0, 0.05) is 17.2 Å². The Morgan fingerprint density at radius 2 is 2.15 bits per heavy atom.